The summed E-state index contributed by atoms with van der Waals surface area (Å²) < 4.78 is 0. The van der Waals surface area contributed by atoms with Crippen LogP contribution in [0.1, 0.15) is 10.5 Å². The van der Waals surface area contributed by atoms with Crippen molar-refractivity contribution < 1.29 is 9.90 Å². The average Bonchev–Trinajstić information content (AvgIpc) is 2.66. The first-order valence-electron chi connectivity index (χ1n) is 4.20. The zero-order chi connectivity index (χ0) is 10.8. The van der Waals surface area contributed by atoms with Gasteiger partial charge in [0.05, 0.1) is 0 Å². The van der Waals surface area contributed by atoms with Gasteiger partial charge >= 0.3 is 24.8 Å². The standard InChI is InChI=1S/C10H7ClN2O2.Li.H/c11-9-4-6(1-2-12-9)7-3-8(10(14)15)13-5-7;;/h1-5,13H,(H,14,15);;. The van der Waals surface area contributed by atoms with Gasteiger partial charge in [-0.2, -0.15) is 0 Å². The molecule has 0 bridgehead atoms. The molecular weight excluding hydrogens is 223 g/mol. The summed E-state index contributed by atoms with van der Waals surface area (Å²) in [7, 11) is 0. The number of H-pyrrole nitrogens is 1. The molecule has 2 heterocycles. The number of hydrogen-bond donors (Lipinski definition) is 2. The number of hydrogen-bond acceptors (Lipinski definition) is 2. The van der Waals surface area contributed by atoms with E-state index in [2.05, 4.69) is 9.97 Å². The van der Waals surface area contributed by atoms with Crippen molar-refractivity contribution >= 4 is 36.4 Å². The third-order valence-electron chi connectivity index (χ3n) is 1.97. The summed E-state index contributed by atoms with van der Waals surface area (Å²) in [5.74, 6) is -0.985. The van der Waals surface area contributed by atoms with Crippen molar-refractivity contribution in [3.63, 3.8) is 0 Å². The van der Waals surface area contributed by atoms with Gasteiger partial charge in [-0.05, 0) is 23.8 Å². The molecule has 16 heavy (non-hydrogen) atoms. The predicted octanol–water partition coefficient (Wildman–Crippen LogP) is 1.78. The van der Waals surface area contributed by atoms with Crippen molar-refractivity contribution in [2.45, 2.75) is 0 Å². The fourth-order valence-corrected chi connectivity index (χ4v) is 1.44. The van der Waals surface area contributed by atoms with E-state index >= 15 is 0 Å². The molecule has 0 fully saturated rings. The Bertz CT molecular complexity index is 513. The molecule has 0 saturated carbocycles. The molecule has 0 amide bonds. The monoisotopic (exact) mass is 230 g/mol. The Balaban J connectivity index is 0.00000128. The molecule has 0 radical (unpaired) electrons. The van der Waals surface area contributed by atoms with Gasteiger partial charge in [0.25, 0.3) is 0 Å². The first-order valence-corrected chi connectivity index (χ1v) is 4.58. The summed E-state index contributed by atoms with van der Waals surface area (Å²) in [6, 6.07) is 4.99. The molecule has 0 aliphatic rings. The van der Waals surface area contributed by atoms with Crippen molar-refractivity contribution in [3.05, 3.63) is 41.4 Å². The Morgan fingerprint density at radius 2 is 2.12 bits per heavy atom. The summed E-state index contributed by atoms with van der Waals surface area (Å²) >= 11 is 5.73. The molecule has 2 rings (SSSR count). The third-order valence-corrected chi connectivity index (χ3v) is 2.18. The van der Waals surface area contributed by atoms with Crippen molar-refractivity contribution in [2.75, 3.05) is 0 Å². The second-order valence-electron chi connectivity index (χ2n) is 2.97. The molecule has 78 valence electrons. The van der Waals surface area contributed by atoms with Crippen LogP contribution in [0.25, 0.3) is 11.1 Å². The minimum absolute atomic E-state index is 0. The second-order valence-corrected chi connectivity index (χ2v) is 3.36. The summed E-state index contributed by atoms with van der Waals surface area (Å²) in [5.41, 5.74) is 1.76. The number of nitrogens with one attached hydrogen (secondary N) is 1. The SMILES string of the molecule is O=C(O)c1cc(-c2ccnc(Cl)c2)c[nH]1.[LiH]. The van der Waals surface area contributed by atoms with Gasteiger partial charge in [0, 0.05) is 18.0 Å². The van der Waals surface area contributed by atoms with Crippen molar-refractivity contribution in [1.82, 2.24) is 9.97 Å². The van der Waals surface area contributed by atoms with E-state index in [9.17, 15) is 4.79 Å². The van der Waals surface area contributed by atoms with Crippen molar-refractivity contribution in [2.24, 2.45) is 0 Å². The summed E-state index contributed by atoms with van der Waals surface area (Å²) in [6.45, 7) is 0. The Morgan fingerprint density at radius 3 is 2.69 bits per heavy atom. The van der Waals surface area contributed by atoms with E-state index in [0.717, 1.165) is 11.1 Å². The molecule has 2 aromatic heterocycles. The van der Waals surface area contributed by atoms with Crippen LogP contribution in [0.2, 0.25) is 5.15 Å². The molecule has 0 spiro atoms. The Labute approximate surface area is 109 Å². The second kappa shape index (κ2) is 5.22. The zero-order valence-electron chi connectivity index (χ0n) is 7.57. The Morgan fingerprint density at radius 1 is 1.38 bits per heavy atom. The molecule has 0 unspecified atom stereocenters. The van der Waals surface area contributed by atoms with Crippen LogP contribution in [0.4, 0.5) is 0 Å². The number of carboxylic acids is 1. The summed E-state index contributed by atoms with van der Waals surface area (Å²) in [6.07, 6.45) is 3.19. The number of carbonyl (C=O) groups is 1. The van der Waals surface area contributed by atoms with Crippen molar-refractivity contribution in [3.8, 4) is 11.1 Å². The topological polar surface area (TPSA) is 66.0 Å². The van der Waals surface area contributed by atoms with Crippen LogP contribution in [-0.4, -0.2) is 39.9 Å². The van der Waals surface area contributed by atoms with E-state index in [-0.39, 0.29) is 24.6 Å². The van der Waals surface area contributed by atoms with E-state index in [0.29, 0.717) is 5.15 Å². The fraction of sp³-hybridized carbons (Fsp3) is 0. The molecule has 0 aliphatic heterocycles. The molecular formula is C10H8ClLiN2O2. The Kier molecular flexibility index (Phi) is 4.19. The van der Waals surface area contributed by atoms with Crippen LogP contribution >= 0.6 is 11.6 Å². The van der Waals surface area contributed by atoms with E-state index in [4.69, 9.17) is 16.7 Å². The number of pyridine rings is 1. The Hall–Kier alpha value is -1.21. The molecule has 0 aromatic carbocycles. The van der Waals surface area contributed by atoms with Crippen LogP contribution in [0.3, 0.4) is 0 Å². The zero-order valence-corrected chi connectivity index (χ0v) is 8.32. The van der Waals surface area contributed by atoms with E-state index in [1.54, 1.807) is 30.6 Å². The first-order chi connectivity index (χ1) is 7.16. The van der Waals surface area contributed by atoms with Gasteiger partial charge in [-0.25, -0.2) is 9.78 Å². The molecule has 4 nitrogen and oxygen atoms in total. The number of aromatic nitrogens is 2. The van der Waals surface area contributed by atoms with Gasteiger partial charge in [-0.1, -0.05) is 11.6 Å². The minimum atomic E-state index is -0.985. The molecule has 0 aliphatic carbocycles. The average molecular weight is 231 g/mol. The van der Waals surface area contributed by atoms with Crippen LogP contribution in [0.15, 0.2) is 30.6 Å². The molecule has 2 N–H and O–H groups in total. The van der Waals surface area contributed by atoms with Gasteiger partial charge < -0.3 is 10.1 Å². The number of aromatic carboxylic acids is 1. The first kappa shape index (κ1) is 12.9. The van der Waals surface area contributed by atoms with E-state index in [1.807, 2.05) is 0 Å². The number of carboxylic acid groups (broad SMARTS) is 1. The maximum atomic E-state index is 10.6. The quantitative estimate of drug-likeness (QED) is 0.611. The van der Waals surface area contributed by atoms with Gasteiger partial charge in [0.15, 0.2) is 0 Å². The van der Waals surface area contributed by atoms with Gasteiger partial charge in [0.1, 0.15) is 10.8 Å². The molecule has 6 heteroatoms. The molecule has 0 atom stereocenters. The van der Waals surface area contributed by atoms with Gasteiger partial charge in [0.2, 0.25) is 0 Å². The van der Waals surface area contributed by atoms with E-state index in [1.165, 1.54) is 0 Å². The van der Waals surface area contributed by atoms with Crippen LogP contribution in [0, 0.1) is 0 Å². The van der Waals surface area contributed by atoms with Gasteiger partial charge in [-0.15, -0.1) is 0 Å². The van der Waals surface area contributed by atoms with Crippen molar-refractivity contribution in [1.29, 1.82) is 0 Å². The summed E-state index contributed by atoms with van der Waals surface area (Å²) in [5, 5.41) is 9.11. The van der Waals surface area contributed by atoms with E-state index < -0.39 is 5.97 Å². The third kappa shape index (κ3) is 2.67. The van der Waals surface area contributed by atoms with Crippen LogP contribution < -0.4 is 0 Å². The summed E-state index contributed by atoms with van der Waals surface area (Å²) in [4.78, 5) is 17.1. The molecule has 0 saturated heterocycles. The number of nitrogens with zero attached hydrogens (tertiary/aromatic N) is 1. The van der Waals surface area contributed by atoms with Crippen LogP contribution in [0.5, 0.6) is 0 Å². The van der Waals surface area contributed by atoms with Gasteiger partial charge in [-0.3, -0.25) is 0 Å². The molecule has 2 aromatic rings. The van der Waals surface area contributed by atoms with Crippen LogP contribution in [-0.2, 0) is 0 Å². The maximum absolute atomic E-state index is 10.6. The fourth-order valence-electron chi connectivity index (χ4n) is 1.27. The predicted molar refractivity (Wildman–Crippen MR) is 63.1 cm³/mol. The number of rotatable bonds is 2. The number of halogens is 1. The normalized spacial score (nSPS) is 9.56. The number of aromatic amines is 1.